The molecule has 0 saturated carbocycles. The number of fused-ring (bicyclic) bond motifs is 3. The summed E-state index contributed by atoms with van der Waals surface area (Å²) >= 11 is 0. The lowest BCUT2D eigenvalue weighted by Crippen LogP contribution is -2.44. The first-order chi connectivity index (χ1) is 20.8. The van der Waals surface area contributed by atoms with E-state index in [0.29, 0.717) is 54.7 Å². The van der Waals surface area contributed by atoms with Gasteiger partial charge in [0, 0.05) is 35.8 Å². The highest BCUT2D eigenvalue weighted by atomic mass is 19.1. The molecule has 4 heterocycles. The van der Waals surface area contributed by atoms with Crippen LogP contribution in [0.5, 0.6) is 11.8 Å². The average molecular weight is 589 g/mol. The van der Waals surface area contributed by atoms with E-state index in [2.05, 4.69) is 15.8 Å². The lowest BCUT2D eigenvalue weighted by Gasteiger charge is -2.35. The number of nitrogens with zero attached hydrogens (tertiary/aromatic N) is 4. The summed E-state index contributed by atoms with van der Waals surface area (Å²) in [5.74, 6) is 1.47. The minimum absolute atomic E-state index is 0.00287. The summed E-state index contributed by atoms with van der Waals surface area (Å²) in [4.78, 5) is 13.5. The lowest BCUT2D eigenvalue weighted by atomic mass is 9.93. The fraction of sp³-hybridized carbons (Fsp3) is 0.394. The third kappa shape index (κ3) is 4.62. The Morgan fingerprint density at radius 3 is 2.84 bits per heavy atom. The molecule has 7 rings (SSSR count). The highest BCUT2D eigenvalue weighted by Gasteiger charge is 2.49. The van der Waals surface area contributed by atoms with E-state index in [1.165, 1.54) is 24.3 Å². The van der Waals surface area contributed by atoms with Crippen LogP contribution < -0.4 is 9.64 Å². The summed E-state index contributed by atoms with van der Waals surface area (Å²) in [7, 11) is 0. The third-order valence-electron chi connectivity index (χ3n) is 9.12. The minimum Gasteiger partial charge on any atom is -0.508 e. The van der Waals surface area contributed by atoms with Crippen LogP contribution >= 0.6 is 0 Å². The molecule has 0 spiro atoms. The largest absolute Gasteiger partial charge is 0.508 e. The second-order valence-electron chi connectivity index (χ2n) is 11.8. The maximum atomic E-state index is 16.7. The Morgan fingerprint density at radius 1 is 1.16 bits per heavy atom. The van der Waals surface area contributed by atoms with Gasteiger partial charge in [-0.3, -0.25) is 4.90 Å². The van der Waals surface area contributed by atoms with Gasteiger partial charge in [-0.15, -0.1) is 6.42 Å². The molecule has 43 heavy (non-hydrogen) atoms. The summed E-state index contributed by atoms with van der Waals surface area (Å²) in [5, 5.41) is 11.8. The Kier molecular flexibility index (Phi) is 6.83. The number of hydrogen-bond acceptors (Lipinski definition) is 7. The van der Waals surface area contributed by atoms with Crippen LogP contribution in [-0.2, 0) is 4.74 Å². The predicted octanol–water partition coefficient (Wildman–Crippen LogP) is 5.60. The van der Waals surface area contributed by atoms with Gasteiger partial charge in [-0.25, -0.2) is 13.2 Å². The molecule has 3 unspecified atom stereocenters. The third-order valence-corrected chi connectivity index (χ3v) is 9.12. The zero-order valence-electron chi connectivity index (χ0n) is 23.7. The number of hydrogen-bond donors (Lipinski definition) is 1. The van der Waals surface area contributed by atoms with Crippen LogP contribution in [-0.4, -0.2) is 77.2 Å². The number of halogens is 3. The Bertz CT molecular complexity index is 1790. The fourth-order valence-electron chi connectivity index (χ4n) is 7.09. The number of aromatic nitrogens is 2. The molecule has 1 N–H and O–H groups in total. The van der Waals surface area contributed by atoms with Crippen molar-refractivity contribution in [2.24, 2.45) is 0 Å². The zero-order valence-corrected chi connectivity index (χ0v) is 23.7. The standard InChI is InChI=1S/C33H31F3N4O3/c1-3-23-27(35)8-5-20-13-22(41)14-26(28(20)23)24-6-7-25-30(29(24)36)37-32(38-31(25)40-11-12-42-17-19(40)2)43-18-33-9-4-10-39(33)16-21(34)15-33/h1,5-8,13-14,19,21,41H,4,9-12,15-18H2,2H3. The summed E-state index contributed by atoms with van der Waals surface area (Å²) in [5.41, 5.74) is -0.102. The summed E-state index contributed by atoms with van der Waals surface area (Å²) < 4.78 is 57.7. The molecular weight excluding hydrogens is 557 g/mol. The van der Waals surface area contributed by atoms with Crippen molar-refractivity contribution >= 4 is 27.5 Å². The van der Waals surface area contributed by atoms with Crippen molar-refractivity contribution in [3.05, 3.63) is 53.6 Å². The number of alkyl halides is 1. The summed E-state index contributed by atoms with van der Waals surface area (Å²) in [6.45, 7) is 4.90. The van der Waals surface area contributed by atoms with Crippen molar-refractivity contribution in [1.82, 2.24) is 14.9 Å². The number of aromatic hydroxyl groups is 1. The molecule has 0 radical (unpaired) electrons. The number of anilines is 1. The number of phenolic OH excluding ortho intramolecular Hbond substituents is 1. The molecule has 0 amide bonds. The van der Waals surface area contributed by atoms with Crippen molar-refractivity contribution in [1.29, 1.82) is 0 Å². The van der Waals surface area contributed by atoms with Crippen LogP contribution in [0.15, 0.2) is 36.4 Å². The molecule has 10 heteroatoms. The first-order valence-electron chi connectivity index (χ1n) is 14.6. The second-order valence-corrected chi connectivity index (χ2v) is 11.8. The average Bonchev–Trinajstić information content (AvgIpc) is 3.52. The van der Waals surface area contributed by atoms with E-state index in [1.807, 2.05) is 11.8 Å². The smallest absolute Gasteiger partial charge is 0.319 e. The molecule has 7 nitrogen and oxygen atoms in total. The van der Waals surface area contributed by atoms with E-state index < -0.39 is 23.3 Å². The Labute approximate surface area is 247 Å². The van der Waals surface area contributed by atoms with Crippen molar-refractivity contribution in [2.45, 2.75) is 43.9 Å². The van der Waals surface area contributed by atoms with Crippen molar-refractivity contribution in [3.8, 4) is 35.2 Å². The zero-order chi connectivity index (χ0) is 29.9. The molecule has 4 aromatic rings. The van der Waals surface area contributed by atoms with Crippen LogP contribution in [0.4, 0.5) is 19.0 Å². The quantitative estimate of drug-likeness (QED) is 0.305. The monoisotopic (exact) mass is 588 g/mol. The fourth-order valence-corrected chi connectivity index (χ4v) is 7.09. The first-order valence-corrected chi connectivity index (χ1v) is 14.6. The van der Waals surface area contributed by atoms with Gasteiger partial charge in [0.1, 0.15) is 35.7 Å². The molecule has 0 bridgehead atoms. The summed E-state index contributed by atoms with van der Waals surface area (Å²) in [6, 6.07) is 8.81. The SMILES string of the molecule is C#Cc1c(F)ccc2cc(O)cc(-c3ccc4c(N5CCOCC5C)nc(OCC56CCCN5CC(F)C6)nc4c3F)c12. The van der Waals surface area contributed by atoms with Gasteiger partial charge in [0.15, 0.2) is 5.82 Å². The second kappa shape index (κ2) is 10.6. The minimum atomic E-state index is -0.916. The van der Waals surface area contributed by atoms with Gasteiger partial charge in [-0.1, -0.05) is 18.1 Å². The lowest BCUT2D eigenvalue weighted by molar-refractivity contribution is 0.0978. The van der Waals surface area contributed by atoms with Gasteiger partial charge in [0.2, 0.25) is 0 Å². The predicted molar refractivity (Wildman–Crippen MR) is 158 cm³/mol. The van der Waals surface area contributed by atoms with Crippen LogP contribution in [0.3, 0.4) is 0 Å². The maximum Gasteiger partial charge on any atom is 0.319 e. The van der Waals surface area contributed by atoms with Gasteiger partial charge in [0.05, 0.1) is 30.4 Å². The molecule has 3 aliphatic heterocycles. The van der Waals surface area contributed by atoms with Gasteiger partial charge in [-0.05, 0) is 61.5 Å². The number of rotatable bonds is 5. The van der Waals surface area contributed by atoms with Crippen molar-refractivity contribution < 1.29 is 27.8 Å². The molecule has 3 aliphatic rings. The van der Waals surface area contributed by atoms with Gasteiger partial charge in [0.25, 0.3) is 0 Å². The Hall–Kier alpha value is -4.07. The Morgan fingerprint density at radius 2 is 2.02 bits per heavy atom. The molecule has 0 aliphatic carbocycles. The van der Waals surface area contributed by atoms with E-state index in [4.69, 9.17) is 20.9 Å². The molecule has 3 atom stereocenters. The Balaban J connectivity index is 1.39. The highest BCUT2D eigenvalue weighted by molar-refractivity contribution is 6.04. The maximum absolute atomic E-state index is 16.7. The van der Waals surface area contributed by atoms with Crippen molar-refractivity contribution in [3.63, 3.8) is 0 Å². The van der Waals surface area contributed by atoms with Crippen molar-refractivity contribution in [2.75, 3.05) is 44.4 Å². The van der Waals surface area contributed by atoms with Gasteiger partial charge >= 0.3 is 6.01 Å². The van der Waals surface area contributed by atoms with E-state index >= 15 is 4.39 Å². The molecule has 3 aromatic carbocycles. The van der Waals surface area contributed by atoms with Crippen LogP contribution in [0.25, 0.3) is 32.8 Å². The highest BCUT2D eigenvalue weighted by Crippen LogP contribution is 2.42. The normalized spacial score (nSPS) is 24.0. The number of terminal acetylenes is 1. The van der Waals surface area contributed by atoms with Gasteiger partial charge in [-0.2, -0.15) is 9.97 Å². The van der Waals surface area contributed by atoms with E-state index in [1.54, 1.807) is 12.1 Å². The number of morpholine rings is 1. The van der Waals surface area contributed by atoms with Crippen LogP contribution in [0.2, 0.25) is 0 Å². The molecule has 1 aromatic heterocycles. The van der Waals surface area contributed by atoms with Gasteiger partial charge < -0.3 is 19.5 Å². The molecular formula is C33H31F3N4O3. The molecule has 3 fully saturated rings. The number of benzene rings is 3. The number of ether oxygens (including phenoxy) is 2. The number of phenols is 1. The topological polar surface area (TPSA) is 71.0 Å². The van der Waals surface area contributed by atoms with Crippen LogP contribution in [0, 0.1) is 24.0 Å². The van der Waals surface area contributed by atoms with E-state index in [0.717, 1.165) is 19.4 Å². The molecule has 222 valence electrons. The molecule has 3 saturated heterocycles. The first kappa shape index (κ1) is 27.7. The van der Waals surface area contributed by atoms with E-state index in [-0.39, 0.29) is 46.6 Å². The summed E-state index contributed by atoms with van der Waals surface area (Å²) in [6.07, 6.45) is 6.90. The van der Waals surface area contributed by atoms with E-state index in [9.17, 15) is 13.9 Å². The van der Waals surface area contributed by atoms with Crippen LogP contribution in [0.1, 0.15) is 31.7 Å².